The minimum absolute atomic E-state index is 0.139. The maximum Gasteiger partial charge on any atom is 0.0645 e. The Bertz CT molecular complexity index is 2760. The highest BCUT2D eigenvalue weighted by atomic mass is 32.2. The highest BCUT2D eigenvalue weighted by Gasteiger charge is 2.22. The van der Waals surface area contributed by atoms with Crippen LogP contribution in [0.25, 0.3) is 71.6 Å². The summed E-state index contributed by atoms with van der Waals surface area (Å²) in [5, 5.41) is 3.59. The van der Waals surface area contributed by atoms with E-state index < -0.39 is 6.04 Å². The highest BCUT2D eigenvalue weighted by Crippen LogP contribution is 2.50. The molecule has 0 N–H and O–H groups in total. The van der Waals surface area contributed by atoms with Gasteiger partial charge in [0.25, 0.3) is 0 Å². The third-order valence-corrected chi connectivity index (χ3v) is 9.16. The summed E-state index contributed by atoms with van der Waals surface area (Å²) in [6, 6.07) is 28.5. The van der Waals surface area contributed by atoms with Crippen LogP contribution in [0.15, 0.2) is 161 Å². The molecule has 1 aromatic heterocycles. The molecule has 1 aliphatic heterocycles. The Labute approximate surface area is 261 Å². The van der Waals surface area contributed by atoms with Gasteiger partial charge in [-0.25, -0.2) is 0 Å². The molecule has 0 spiro atoms. The van der Waals surface area contributed by atoms with E-state index in [2.05, 4.69) is 0 Å². The van der Waals surface area contributed by atoms with Crippen molar-refractivity contribution >= 4 is 44.3 Å². The number of hydrogen-bond acceptors (Lipinski definition) is 1. The van der Waals surface area contributed by atoms with Crippen molar-refractivity contribution in [3.8, 4) is 39.1 Å². The number of para-hydroxylation sites is 3. The van der Waals surface area contributed by atoms with Gasteiger partial charge in [0.1, 0.15) is 0 Å². The number of benzene rings is 7. The predicted octanol–water partition coefficient (Wildman–Crippen LogP) is 11.4. The van der Waals surface area contributed by atoms with Crippen molar-refractivity contribution in [1.82, 2.24) is 4.57 Å². The van der Waals surface area contributed by atoms with E-state index in [1.54, 1.807) is 11.8 Å². The Morgan fingerprint density at radius 3 is 1.98 bits per heavy atom. The summed E-state index contributed by atoms with van der Waals surface area (Å²) in [7, 11) is 0. The van der Waals surface area contributed by atoms with E-state index in [1.165, 1.54) is 0 Å². The molecular weight excluding hydrogens is 527 g/mol. The first kappa shape index (κ1) is 16.4. The molecule has 8 aromatic rings. The van der Waals surface area contributed by atoms with Crippen molar-refractivity contribution < 1.29 is 12.3 Å². The van der Waals surface area contributed by atoms with Gasteiger partial charge >= 0.3 is 0 Å². The quantitative estimate of drug-likeness (QED) is 0.208. The van der Waals surface area contributed by atoms with Crippen LogP contribution in [0.2, 0.25) is 0 Å². The van der Waals surface area contributed by atoms with E-state index in [4.69, 9.17) is 9.60 Å². The lowest BCUT2D eigenvalue weighted by Gasteiger charge is -2.23. The molecule has 196 valence electrons. The summed E-state index contributed by atoms with van der Waals surface area (Å²) in [4.78, 5) is 1.93. The van der Waals surface area contributed by atoms with Gasteiger partial charge < -0.3 is 4.57 Å². The van der Waals surface area contributed by atoms with Crippen molar-refractivity contribution in [2.45, 2.75) is 9.79 Å². The van der Waals surface area contributed by atoms with E-state index in [1.807, 2.05) is 102 Å². The molecule has 1 nitrogen and oxygen atoms in total. The molecule has 9 rings (SSSR count). The van der Waals surface area contributed by atoms with Gasteiger partial charge in [0.05, 0.1) is 29.1 Å². The maximum atomic E-state index is 9.23. The van der Waals surface area contributed by atoms with Crippen molar-refractivity contribution in [1.29, 1.82) is 0 Å². The lowest BCUT2D eigenvalue weighted by atomic mass is 9.91. The van der Waals surface area contributed by atoms with Crippen molar-refractivity contribution in [3.05, 3.63) is 151 Å². The molecule has 7 aromatic carbocycles. The second-order valence-corrected chi connectivity index (χ2v) is 11.3. The van der Waals surface area contributed by atoms with E-state index in [0.717, 1.165) is 53.5 Å². The predicted molar refractivity (Wildman–Crippen MR) is 179 cm³/mol. The molecule has 0 unspecified atom stereocenters. The van der Waals surface area contributed by atoms with Crippen LogP contribution < -0.4 is 0 Å². The summed E-state index contributed by atoms with van der Waals surface area (Å²) in [6.07, 6.45) is 0. The van der Waals surface area contributed by atoms with E-state index in [0.29, 0.717) is 22.4 Å². The molecule has 0 amide bonds. The van der Waals surface area contributed by atoms with Gasteiger partial charge in [0, 0.05) is 31.5 Å². The lowest BCUT2D eigenvalue weighted by Crippen LogP contribution is -1.98. The van der Waals surface area contributed by atoms with Crippen LogP contribution in [-0.2, 0) is 0 Å². The topological polar surface area (TPSA) is 4.93 Å². The molecule has 0 atom stereocenters. The first-order valence-electron chi connectivity index (χ1n) is 18.1. The average molecular weight is 561 g/mol. The van der Waals surface area contributed by atoms with Crippen LogP contribution >= 0.6 is 11.8 Å². The number of rotatable bonds is 3. The third kappa shape index (κ3) is 3.46. The number of nitrogens with zero attached hydrogens (tertiary/aromatic N) is 1. The van der Waals surface area contributed by atoms with E-state index in [9.17, 15) is 2.74 Å². The minimum Gasteiger partial charge on any atom is -0.309 e. The van der Waals surface area contributed by atoms with Crippen LogP contribution in [0.1, 0.15) is 12.3 Å². The summed E-state index contributed by atoms with van der Waals surface area (Å²) in [5.74, 6) is 0. The maximum absolute atomic E-state index is 9.23. The molecule has 0 saturated heterocycles. The van der Waals surface area contributed by atoms with Crippen LogP contribution in [-0.4, -0.2) is 4.57 Å². The third-order valence-electron chi connectivity index (χ3n) is 8.02. The van der Waals surface area contributed by atoms with Crippen LogP contribution in [0, 0.1) is 0 Å². The standard InChI is InChI=1S/C40H25NS/c1-2-11-26(12-3-1)28-22-24-39-40-32(28)16-10-17-33(40)34-25-27(21-23-38(34)42-39)29-13-4-7-18-35(29)41-36-19-8-5-14-30(36)31-15-6-9-20-37(31)41/h1-25H/i1D,2D,3D,4D,7D,11D,12D,13D,18D. The van der Waals surface area contributed by atoms with Gasteiger partial charge in [-0.2, -0.15) is 0 Å². The largest absolute Gasteiger partial charge is 0.309 e. The second-order valence-electron chi connectivity index (χ2n) is 10.2. The second kappa shape index (κ2) is 9.24. The number of hydrogen-bond donors (Lipinski definition) is 0. The van der Waals surface area contributed by atoms with Crippen LogP contribution in [0.5, 0.6) is 0 Å². The van der Waals surface area contributed by atoms with Gasteiger partial charge in [0.15, 0.2) is 0 Å². The SMILES string of the molecule is [2H]c1c([2H])c([2H])c(-c2ccc3c4c(cccc24)-c2cc(-c4c([2H])c([2H])c([2H])c([2H])c4-n4c5ccccc5c5ccccc54)ccc2S3)c([2H])c1[2H]. The Balaban J connectivity index is 1.32. The van der Waals surface area contributed by atoms with Crippen molar-refractivity contribution in [3.63, 3.8) is 0 Å². The van der Waals surface area contributed by atoms with Gasteiger partial charge in [-0.05, 0) is 69.6 Å². The smallest absolute Gasteiger partial charge is 0.0645 e. The summed E-state index contributed by atoms with van der Waals surface area (Å²) in [5.41, 5.74) is 5.47. The molecular formula is C40H25NS. The fourth-order valence-electron chi connectivity index (χ4n) is 6.24. The van der Waals surface area contributed by atoms with Gasteiger partial charge in [-0.15, -0.1) is 0 Å². The minimum atomic E-state index is -0.437. The average Bonchev–Trinajstić information content (AvgIpc) is 3.48. The molecule has 0 fully saturated rings. The lowest BCUT2D eigenvalue weighted by molar-refractivity contribution is 1.18. The highest BCUT2D eigenvalue weighted by molar-refractivity contribution is 7.99. The Kier molecular flexibility index (Phi) is 3.61. The molecule has 2 heteroatoms. The molecule has 1 aliphatic rings. The summed E-state index contributed by atoms with van der Waals surface area (Å²) >= 11 is 1.56. The first-order chi connectivity index (χ1) is 24.6. The monoisotopic (exact) mass is 560 g/mol. The summed E-state index contributed by atoms with van der Waals surface area (Å²) in [6.45, 7) is 0. The number of fused-ring (bicyclic) bond motifs is 5. The van der Waals surface area contributed by atoms with Gasteiger partial charge in [-0.3, -0.25) is 0 Å². The van der Waals surface area contributed by atoms with Crippen LogP contribution in [0.3, 0.4) is 0 Å². The van der Waals surface area contributed by atoms with Crippen LogP contribution in [0.4, 0.5) is 0 Å². The van der Waals surface area contributed by atoms with E-state index in [-0.39, 0.29) is 53.9 Å². The Hall–Kier alpha value is -5.05. The van der Waals surface area contributed by atoms with Crippen molar-refractivity contribution in [2.24, 2.45) is 0 Å². The molecule has 2 heterocycles. The molecule has 0 aliphatic carbocycles. The fraction of sp³-hybridized carbons (Fsp3) is 0. The zero-order valence-electron chi connectivity index (χ0n) is 31.1. The zero-order valence-corrected chi connectivity index (χ0v) is 22.9. The number of aromatic nitrogens is 1. The molecule has 0 bridgehead atoms. The normalized spacial score (nSPS) is 15.2. The molecule has 0 saturated carbocycles. The fourth-order valence-corrected chi connectivity index (χ4v) is 7.35. The zero-order chi connectivity index (χ0) is 35.5. The first-order valence-corrected chi connectivity index (χ1v) is 14.4. The molecule has 42 heavy (non-hydrogen) atoms. The Morgan fingerprint density at radius 1 is 0.476 bits per heavy atom. The molecule has 0 radical (unpaired) electrons. The Morgan fingerprint density at radius 2 is 1.17 bits per heavy atom. The van der Waals surface area contributed by atoms with E-state index >= 15 is 0 Å². The van der Waals surface area contributed by atoms with Gasteiger partial charge in [0.2, 0.25) is 0 Å². The van der Waals surface area contributed by atoms with Crippen molar-refractivity contribution in [2.75, 3.05) is 0 Å². The summed E-state index contributed by atoms with van der Waals surface area (Å²) < 4.78 is 79.8. The van der Waals surface area contributed by atoms with Gasteiger partial charge in [-0.1, -0.05) is 127 Å².